The number of hydrogen-bond donors (Lipinski definition) is 0. The van der Waals surface area contributed by atoms with Gasteiger partial charge < -0.3 is 4.90 Å². The van der Waals surface area contributed by atoms with E-state index in [9.17, 15) is 0 Å². The molecule has 0 bridgehead atoms. The van der Waals surface area contributed by atoms with E-state index in [4.69, 9.17) is 0 Å². The maximum absolute atomic E-state index is 2.27. The summed E-state index contributed by atoms with van der Waals surface area (Å²) < 4.78 is 0. The molecular formula is C13H21N. The zero-order chi connectivity index (χ0) is 10.4. The molecule has 0 saturated heterocycles. The zero-order valence-corrected chi connectivity index (χ0v) is 9.53. The van der Waals surface area contributed by atoms with Crippen molar-refractivity contribution in [2.75, 3.05) is 20.6 Å². The lowest BCUT2D eigenvalue weighted by molar-refractivity contribution is 0.362. The normalized spacial score (nSPS) is 13.1. The van der Waals surface area contributed by atoms with Crippen LogP contribution >= 0.6 is 0 Å². The summed E-state index contributed by atoms with van der Waals surface area (Å²) in [6, 6.07) is 10.8. The fraction of sp³-hybridized carbons (Fsp3) is 0.538. The molecule has 0 aliphatic rings. The van der Waals surface area contributed by atoms with Gasteiger partial charge in [-0.3, -0.25) is 0 Å². The highest BCUT2D eigenvalue weighted by Gasteiger charge is 2.10. The highest BCUT2D eigenvalue weighted by molar-refractivity contribution is 5.19. The third kappa shape index (κ3) is 3.51. The predicted octanol–water partition coefficient (Wildman–Crippen LogP) is 3.13. The van der Waals surface area contributed by atoms with Gasteiger partial charge in [-0.1, -0.05) is 43.7 Å². The molecular weight excluding hydrogens is 170 g/mol. The molecule has 0 fully saturated rings. The van der Waals surface area contributed by atoms with E-state index in [1.807, 2.05) is 0 Å². The summed E-state index contributed by atoms with van der Waals surface area (Å²) in [4.78, 5) is 2.27. The van der Waals surface area contributed by atoms with Crippen LogP contribution in [0.3, 0.4) is 0 Å². The first-order valence-electron chi connectivity index (χ1n) is 5.43. The summed E-state index contributed by atoms with van der Waals surface area (Å²) >= 11 is 0. The van der Waals surface area contributed by atoms with Crippen molar-refractivity contribution in [3.05, 3.63) is 35.9 Å². The Bertz CT molecular complexity index is 241. The third-order valence-corrected chi connectivity index (χ3v) is 2.49. The van der Waals surface area contributed by atoms with Crippen molar-refractivity contribution in [2.45, 2.75) is 25.7 Å². The van der Waals surface area contributed by atoms with Crippen molar-refractivity contribution in [3.8, 4) is 0 Å². The van der Waals surface area contributed by atoms with Crippen molar-refractivity contribution in [2.24, 2.45) is 0 Å². The SMILES string of the molecule is CCCC(CN(C)C)c1ccccc1. The Labute approximate surface area is 87.7 Å². The van der Waals surface area contributed by atoms with E-state index in [1.54, 1.807) is 0 Å². The van der Waals surface area contributed by atoms with Crippen LogP contribution in [0.4, 0.5) is 0 Å². The number of likely N-dealkylation sites (N-methyl/N-ethyl adjacent to an activating group) is 1. The quantitative estimate of drug-likeness (QED) is 0.691. The number of hydrogen-bond acceptors (Lipinski definition) is 1. The van der Waals surface area contributed by atoms with Gasteiger partial charge in [0, 0.05) is 6.54 Å². The molecule has 1 rings (SSSR count). The van der Waals surface area contributed by atoms with Gasteiger partial charge in [0.05, 0.1) is 0 Å². The van der Waals surface area contributed by atoms with Crippen LogP contribution in [-0.4, -0.2) is 25.5 Å². The van der Waals surface area contributed by atoms with Crippen molar-refractivity contribution in [3.63, 3.8) is 0 Å². The second kappa shape index (κ2) is 5.82. The molecule has 78 valence electrons. The predicted molar refractivity (Wildman–Crippen MR) is 62.6 cm³/mol. The van der Waals surface area contributed by atoms with Gasteiger partial charge in [0.1, 0.15) is 0 Å². The Hall–Kier alpha value is -0.820. The lowest BCUT2D eigenvalue weighted by Gasteiger charge is -2.20. The van der Waals surface area contributed by atoms with Crippen molar-refractivity contribution in [1.82, 2.24) is 4.90 Å². The lowest BCUT2D eigenvalue weighted by atomic mass is 9.94. The van der Waals surface area contributed by atoms with Crippen LogP contribution in [0.25, 0.3) is 0 Å². The van der Waals surface area contributed by atoms with Gasteiger partial charge in [0.15, 0.2) is 0 Å². The zero-order valence-electron chi connectivity index (χ0n) is 9.53. The van der Waals surface area contributed by atoms with E-state index < -0.39 is 0 Å². The fourth-order valence-electron chi connectivity index (χ4n) is 1.88. The Morgan fingerprint density at radius 2 is 1.79 bits per heavy atom. The summed E-state index contributed by atoms with van der Waals surface area (Å²) in [5, 5.41) is 0. The average molecular weight is 191 g/mol. The van der Waals surface area contributed by atoms with Crippen molar-refractivity contribution < 1.29 is 0 Å². The smallest absolute Gasteiger partial charge is 0.00442 e. The lowest BCUT2D eigenvalue weighted by Crippen LogP contribution is -2.20. The standard InChI is InChI=1S/C13H21N/c1-4-8-13(11-14(2)3)12-9-6-5-7-10-12/h5-7,9-10,13H,4,8,11H2,1-3H3. The number of rotatable bonds is 5. The number of benzene rings is 1. The Kier molecular flexibility index (Phi) is 4.68. The summed E-state index contributed by atoms with van der Waals surface area (Å²) in [7, 11) is 4.29. The molecule has 1 atom stereocenters. The largest absolute Gasteiger partial charge is 0.309 e. The van der Waals surface area contributed by atoms with E-state index >= 15 is 0 Å². The Morgan fingerprint density at radius 1 is 1.14 bits per heavy atom. The maximum Gasteiger partial charge on any atom is 0.00442 e. The Morgan fingerprint density at radius 3 is 2.29 bits per heavy atom. The van der Waals surface area contributed by atoms with E-state index in [2.05, 4.69) is 56.3 Å². The van der Waals surface area contributed by atoms with E-state index in [0.717, 1.165) is 6.54 Å². The summed E-state index contributed by atoms with van der Waals surface area (Å²) in [6.07, 6.45) is 2.54. The first-order valence-corrected chi connectivity index (χ1v) is 5.43. The van der Waals surface area contributed by atoms with Crippen molar-refractivity contribution in [1.29, 1.82) is 0 Å². The van der Waals surface area contributed by atoms with Crippen LogP contribution in [0.15, 0.2) is 30.3 Å². The molecule has 0 spiro atoms. The molecule has 1 aromatic rings. The van der Waals surface area contributed by atoms with Crippen LogP contribution in [0.1, 0.15) is 31.2 Å². The summed E-state index contributed by atoms with van der Waals surface area (Å²) in [6.45, 7) is 3.41. The molecule has 0 N–H and O–H groups in total. The summed E-state index contributed by atoms with van der Waals surface area (Å²) in [5.74, 6) is 0.691. The number of nitrogens with zero attached hydrogens (tertiary/aromatic N) is 1. The van der Waals surface area contributed by atoms with Crippen LogP contribution in [-0.2, 0) is 0 Å². The van der Waals surface area contributed by atoms with E-state index in [0.29, 0.717) is 5.92 Å². The summed E-state index contributed by atoms with van der Waals surface area (Å²) in [5.41, 5.74) is 1.48. The molecule has 0 heterocycles. The molecule has 0 saturated carbocycles. The van der Waals surface area contributed by atoms with Gasteiger partial charge in [-0.2, -0.15) is 0 Å². The third-order valence-electron chi connectivity index (χ3n) is 2.49. The minimum Gasteiger partial charge on any atom is -0.309 e. The van der Waals surface area contributed by atoms with Crippen LogP contribution in [0.2, 0.25) is 0 Å². The van der Waals surface area contributed by atoms with Gasteiger partial charge in [-0.15, -0.1) is 0 Å². The monoisotopic (exact) mass is 191 g/mol. The first-order chi connectivity index (χ1) is 6.74. The molecule has 14 heavy (non-hydrogen) atoms. The van der Waals surface area contributed by atoms with Crippen molar-refractivity contribution >= 4 is 0 Å². The van der Waals surface area contributed by atoms with Gasteiger partial charge >= 0.3 is 0 Å². The molecule has 1 aromatic carbocycles. The molecule has 0 radical (unpaired) electrons. The van der Waals surface area contributed by atoms with Gasteiger partial charge in [0.2, 0.25) is 0 Å². The first kappa shape index (κ1) is 11.3. The minimum absolute atomic E-state index is 0.691. The topological polar surface area (TPSA) is 3.24 Å². The molecule has 1 nitrogen and oxygen atoms in total. The van der Waals surface area contributed by atoms with E-state index in [-0.39, 0.29) is 0 Å². The molecule has 0 aliphatic carbocycles. The molecule has 1 heteroatoms. The van der Waals surface area contributed by atoms with Gasteiger partial charge in [-0.05, 0) is 32.0 Å². The average Bonchev–Trinajstić information content (AvgIpc) is 2.18. The van der Waals surface area contributed by atoms with Crippen LogP contribution in [0, 0.1) is 0 Å². The van der Waals surface area contributed by atoms with Crippen LogP contribution in [0.5, 0.6) is 0 Å². The minimum atomic E-state index is 0.691. The Balaban J connectivity index is 2.67. The fourth-order valence-corrected chi connectivity index (χ4v) is 1.88. The van der Waals surface area contributed by atoms with Gasteiger partial charge in [0.25, 0.3) is 0 Å². The second-order valence-electron chi connectivity index (χ2n) is 4.16. The highest BCUT2D eigenvalue weighted by atomic mass is 15.1. The molecule has 0 aromatic heterocycles. The molecule has 0 amide bonds. The van der Waals surface area contributed by atoms with Gasteiger partial charge in [-0.25, -0.2) is 0 Å². The molecule has 1 unspecified atom stereocenters. The maximum atomic E-state index is 2.27. The van der Waals surface area contributed by atoms with E-state index in [1.165, 1.54) is 18.4 Å². The molecule has 0 aliphatic heterocycles. The second-order valence-corrected chi connectivity index (χ2v) is 4.16. The van der Waals surface area contributed by atoms with Crippen LogP contribution < -0.4 is 0 Å². The highest BCUT2D eigenvalue weighted by Crippen LogP contribution is 2.21.